The SMILES string of the molecule is Cc1oc(CNCc2ccccc2Cl)cc1C(=O)O. The van der Waals surface area contributed by atoms with Crippen LogP contribution in [-0.4, -0.2) is 11.1 Å². The third kappa shape index (κ3) is 3.36. The molecular weight excluding hydrogens is 266 g/mol. The van der Waals surface area contributed by atoms with Crippen molar-refractivity contribution in [1.82, 2.24) is 5.32 Å². The molecular formula is C14H14ClNO3. The van der Waals surface area contributed by atoms with Gasteiger partial charge in [0.25, 0.3) is 0 Å². The Morgan fingerprint density at radius 1 is 1.37 bits per heavy atom. The highest BCUT2D eigenvalue weighted by Crippen LogP contribution is 2.16. The first kappa shape index (κ1) is 13.6. The van der Waals surface area contributed by atoms with Gasteiger partial charge in [-0.3, -0.25) is 0 Å². The summed E-state index contributed by atoms with van der Waals surface area (Å²) in [5.41, 5.74) is 1.19. The van der Waals surface area contributed by atoms with Gasteiger partial charge in [0, 0.05) is 11.6 Å². The topological polar surface area (TPSA) is 62.5 Å². The Balaban J connectivity index is 1.95. The number of halogens is 1. The number of aryl methyl sites for hydroxylation is 1. The molecule has 0 bridgehead atoms. The lowest BCUT2D eigenvalue weighted by molar-refractivity contribution is 0.0695. The molecule has 1 aromatic heterocycles. The highest BCUT2D eigenvalue weighted by molar-refractivity contribution is 6.31. The minimum atomic E-state index is -0.974. The van der Waals surface area contributed by atoms with Gasteiger partial charge < -0.3 is 14.8 Å². The largest absolute Gasteiger partial charge is 0.478 e. The summed E-state index contributed by atoms with van der Waals surface area (Å²) in [5.74, 6) is 0.0441. The molecule has 1 heterocycles. The first-order chi connectivity index (χ1) is 9.08. The van der Waals surface area contributed by atoms with Crippen molar-refractivity contribution in [3.05, 3.63) is 58.0 Å². The normalized spacial score (nSPS) is 10.6. The van der Waals surface area contributed by atoms with Gasteiger partial charge in [0.05, 0.1) is 6.54 Å². The van der Waals surface area contributed by atoms with Gasteiger partial charge in [0.2, 0.25) is 0 Å². The number of carbonyl (C=O) groups is 1. The standard InChI is InChI=1S/C14H14ClNO3/c1-9-12(14(17)18)6-11(19-9)8-16-7-10-4-2-3-5-13(10)15/h2-6,16H,7-8H2,1H3,(H,17,18). The van der Waals surface area contributed by atoms with Crippen LogP contribution in [0.3, 0.4) is 0 Å². The zero-order chi connectivity index (χ0) is 13.8. The van der Waals surface area contributed by atoms with Crippen LogP contribution in [-0.2, 0) is 13.1 Å². The lowest BCUT2D eigenvalue weighted by atomic mass is 10.2. The summed E-state index contributed by atoms with van der Waals surface area (Å²) in [5, 5.41) is 12.8. The fraction of sp³-hybridized carbons (Fsp3) is 0.214. The molecule has 19 heavy (non-hydrogen) atoms. The Hall–Kier alpha value is -1.78. The van der Waals surface area contributed by atoms with Gasteiger partial charge in [-0.2, -0.15) is 0 Å². The first-order valence-electron chi connectivity index (χ1n) is 5.84. The van der Waals surface area contributed by atoms with Gasteiger partial charge >= 0.3 is 5.97 Å². The molecule has 0 saturated heterocycles. The van der Waals surface area contributed by atoms with Crippen molar-refractivity contribution >= 4 is 17.6 Å². The Morgan fingerprint density at radius 3 is 2.74 bits per heavy atom. The summed E-state index contributed by atoms with van der Waals surface area (Å²) in [6, 6.07) is 9.10. The van der Waals surface area contributed by atoms with Crippen LogP contribution >= 0.6 is 11.6 Å². The number of furan rings is 1. The molecule has 0 atom stereocenters. The second-order valence-corrected chi connectivity index (χ2v) is 4.59. The number of benzene rings is 1. The van der Waals surface area contributed by atoms with Gasteiger partial charge in [0.1, 0.15) is 17.1 Å². The van der Waals surface area contributed by atoms with Crippen molar-refractivity contribution in [1.29, 1.82) is 0 Å². The van der Waals surface area contributed by atoms with Crippen LogP contribution in [0, 0.1) is 6.92 Å². The van der Waals surface area contributed by atoms with Crippen LogP contribution in [0.1, 0.15) is 27.4 Å². The van der Waals surface area contributed by atoms with E-state index < -0.39 is 5.97 Å². The van der Waals surface area contributed by atoms with Crippen molar-refractivity contribution in [3.63, 3.8) is 0 Å². The molecule has 0 spiro atoms. The van der Waals surface area contributed by atoms with Gasteiger partial charge in [-0.25, -0.2) is 4.79 Å². The van der Waals surface area contributed by atoms with E-state index in [-0.39, 0.29) is 5.56 Å². The average Bonchev–Trinajstić information content (AvgIpc) is 2.73. The molecule has 2 aromatic rings. The quantitative estimate of drug-likeness (QED) is 0.882. The summed E-state index contributed by atoms with van der Waals surface area (Å²) in [7, 11) is 0. The van der Waals surface area contributed by atoms with Gasteiger partial charge in [-0.05, 0) is 24.6 Å². The third-order valence-electron chi connectivity index (χ3n) is 2.77. The maximum atomic E-state index is 10.9. The van der Waals surface area contributed by atoms with Crippen LogP contribution in [0.5, 0.6) is 0 Å². The average molecular weight is 280 g/mol. The van der Waals surface area contributed by atoms with Crippen molar-refractivity contribution in [3.8, 4) is 0 Å². The van der Waals surface area contributed by atoms with Crippen LogP contribution in [0.2, 0.25) is 5.02 Å². The molecule has 2 N–H and O–H groups in total. The van der Waals surface area contributed by atoms with E-state index >= 15 is 0 Å². The molecule has 5 heteroatoms. The van der Waals surface area contributed by atoms with Crippen molar-refractivity contribution in [2.45, 2.75) is 20.0 Å². The van der Waals surface area contributed by atoms with Crippen LogP contribution in [0.4, 0.5) is 0 Å². The minimum Gasteiger partial charge on any atom is -0.478 e. The van der Waals surface area contributed by atoms with E-state index in [9.17, 15) is 4.79 Å². The molecule has 0 unspecified atom stereocenters. The fourth-order valence-electron chi connectivity index (χ4n) is 1.81. The van der Waals surface area contributed by atoms with E-state index in [0.717, 1.165) is 5.56 Å². The lowest BCUT2D eigenvalue weighted by Gasteiger charge is -2.04. The fourth-order valence-corrected chi connectivity index (χ4v) is 2.01. The number of hydrogen-bond donors (Lipinski definition) is 2. The Morgan fingerprint density at radius 2 is 2.11 bits per heavy atom. The predicted octanol–water partition coefficient (Wildman–Crippen LogP) is 3.23. The highest BCUT2D eigenvalue weighted by Gasteiger charge is 2.13. The molecule has 0 aliphatic heterocycles. The number of aromatic carboxylic acids is 1. The van der Waals surface area contributed by atoms with Crippen molar-refractivity contribution in [2.24, 2.45) is 0 Å². The molecule has 0 fully saturated rings. The smallest absolute Gasteiger partial charge is 0.339 e. The van der Waals surface area contributed by atoms with E-state index in [1.165, 1.54) is 6.07 Å². The molecule has 0 amide bonds. The summed E-state index contributed by atoms with van der Waals surface area (Å²) in [6.45, 7) is 2.70. The summed E-state index contributed by atoms with van der Waals surface area (Å²) >= 11 is 6.04. The second-order valence-electron chi connectivity index (χ2n) is 4.18. The minimum absolute atomic E-state index is 0.203. The van der Waals surface area contributed by atoms with Gasteiger partial charge in [-0.15, -0.1) is 0 Å². The Kier molecular flexibility index (Phi) is 4.24. The van der Waals surface area contributed by atoms with Crippen LogP contribution in [0.25, 0.3) is 0 Å². The number of hydrogen-bond acceptors (Lipinski definition) is 3. The maximum absolute atomic E-state index is 10.9. The number of carboxylic acids is 1. The number of rotatable bonds is 5. The van der Waals surface area contributed by atoms with Crippen LogP contribution < -0.4 is 5.32 Å². The van der Waals surface area contributed by atoms with Crippen molar-refractivity contribution < 1.29 is 14.3 Å². The van der Waals surface area contributed by atoms with Crippen LogP contribution in [0.15, 0.2) is 34.7 Å². The molecule has 0 aliphatic carbocycles. The van der Waals surface area contributed by atoms with Crippen molar-refractivity contribution in [2.75, 3.05) is 0 Å². The van der Waals surface area contributed by atoms with E-state index in [1.54, 1.807) is 6.92 Å². The molecule has 100 valence electrons. The molecule has 2 rings (SSSR count). The third-order valence-corrected chi connectivity index (χ3v) is 3.14. The lowest BCUT2D eigenvalue weighted by Crippen LogP contribution is -2.12. The zero-order valence-corrected chi connectivity index (χ0v) is 11.2. The molecule has 0 radical (unpaired) electrons. The van der Waals surface area contributed by atoms with E-state index in [4.69, 9.17) is 21.1 Å². The molecule has 0 aliphatic rings. The Labute approximate surface area is 116 Å². The second kappa shape index (κ2) is 5.91. The first-order valence-corrected chi connectivity index (χ1v) is 6.22. The number of nitrogens with one attached hydrogen (secondary N) is 1. The Bertz CT molecular complexity index is 592. The van der Waals surface area contributed by atoms with Gasteiger partial charge in [0.15, 0.2) is 0 Å². The van der Waals surface area contributed by atoms with Gasteiger partial charge in [-0.1, -0.05) is 29.8 Å². The zero-order valence-electron chi connectivity index (χ0n) is 10.4. The molecule has 1 aromatic carbocycles. The van der Waals surface area contributed by atoms with E-state index in [0.29, 0.717) is 29.6 Å². The summed E-state index contributed by atoms with van der Waals surface area (Å²) in [4.78, 5) is 10.9. The number of carboxylic acid groups (broad SMARTS) is 1. The molecule has 0 saturated carbocycles. The van der Waals surface area contributed by atoms with E-state index in [2.05, 4.69) is 5.32 Å². The monoisotopic (exact) mass is 279 g/mol. The molecule has 4 nitrogen and oxygen atoms in total. The summed E-state index contributed by atoms with van der Waals surface area (Å²) in [6.07, 6.45) is 0. The van der Waals surface area contributed by atoms with E-state index in [1.807, 2.05) is 24.3 Å². The highest BCUT2D eigenvalue weighted by atomic mass is 35.5. The summed E-state index contributed by atoms with van der Waals surface area (Å²) < 4.78 is 5.37. The maximum Gasteiger partial charge on any atom is 0.339 e. The predicted molar refractivity (Wildman–Crippen MR) is 72.4 cm³/mol.